The summed E-state index contributed by atoms with van der Waals surface area (Å²) in [5.41, 5.74) is 1.03. The Morgan fingerprint density at radius 2 is 1.92 bits per heavy atom. The van der Waals surface area contributed by atoms with E-state index in [0.717, 1.165) is 29.0 Å². The molecule has 2 aromatic rings. The average Bonchev–Trinajstić information content (AvgIpc) is 3.40. The molecule has 2 aromatic carbocycles. The first kappa shape index (κ1) is 17.3. The van der Waals surface area contributed by atoms with Crippen LogP contribution in [0.15, 0.2) is 48.5 Å². The Balaban J connectivity index is 1.55. The highest BCUT2D eigenvalue weighted by molar-refractivity contribution is 5.82. The number of hydrogen-bond acceptors (Lipinski definition) is 2. The normalized spacial score (nSPS) is 19.4. The van der Waals surface area contributed by atoms with Gasteiger partial charge in [0.1, 0.15) is 5.75 Å². The quantitative estimate of drug-likeness (QED) is 0.881. The van der Waals surface area contributed by atoms with Crippen LogP contribution in [0.25, 0.3) is 0 Å². The molecule has 2 unspecified atom stereocenters. The van der Waals surface area contributed by atoms with E-state index in [1.807, 2.05) is 24.3 Å². The lowest BCUT2D eigenvalue weighted by molar-refractivity contribution is -0.137. The number of halogens is 3. The Hall–Kier alpha value is -2.50. The van der Waals surface area contributed by atoms with Gasteiger partial charge in [0.25, 0.3) is 0 Å². The molecule has 0 saturated heterocycles. The van der Waals surface area contributed by atoms with Gasteiger partial charge in [-0.3, -0.25) is 4.79 Å². The van der Waals surface area contributed by atoms with E-state index in [0.29, 0.717) is 13.0 Å². The van der Waals surface area contributed by atoms with Gasteiger partial charge in [0, 0.05) is 12.5 Å². The zero-order valence-corrected chi connectivity index (χ0v) is 13.6. The third-order valence-corrected chi connectivity index (χ3v) is 4.39. The lowest BCUT2D eigenvalue weighted by Gasteiger charge is -2.08. The van der Waals surface area contributed by atoms with Crippen molar-refractivity contribution < 1.29 is 22.7 Å². The number of benzene rings is 2. The summed E-state index contributed by atoms with van der Waals surface area (Å²) >= 11 is 0. The molecule has 3 nitrogen and oxygen atoms in total. The van der Waals surface area contributed by atoms with Crippen molar-refractivity contribution in [3.63, 3.8) is 0 Å². The minimum absolute atomic E-state index is 0.00686. The van der Waals surface area contributed by atoms with Gasteiger partial charge in [0.05, 0.1) is 12.7 Å². The number of rotatable bonds is 5. The molecule has 0 heterocycles. The van der Waals surface area contributed by atoms with Crippen molar-refractivity contribution in [3.8, 4) is 5.75 Å². The van der Waals surface area contributed by atoms with Gasteiger partial charge in [-0.2, -0.15) is 13.2 Å². The van der Waals surface area contributed by atoms with Gasteiger partial charge in [-0.15, -0.1) is 0 Å². The second kappa shape index (κ2) is 6.78. The third-order valence-electron chi connectivity index (χ3n) is 4.39. The molecule has 3 rings (SSSR count). The first-order valence-electron chi connectivity index (χ1n) is 7.96. The summed E-state index contributed by atoms with van der Waals surface area (Å²) in [6.07, 6.45) is -3.68. The zero-order chi connectivity index (χ0) is 18.0. The minimum Gasteiger partial charge on any atom is -0.497 e. The van der Waals surface area contributed by atoms with Crippen molar-refractivity contribution in [2.45, 2.75) is 25.1 Å². The minimum atomic E-state index is -4.34. The third kappa shape index (κ3) is 4.13. The van der Waals surface area contributed by atoms with Gasteiger partial charge in [-0.25, -0.2) is 0 Å². The van der Waals surface area contributed by atoms with E-state index in [2.05, 4.69) is 5.32 Å². The van der Waals surface area contributed by atoms with Gasteiger partial charge in [0.2, 0.25) is 5.91 Å². The van der Waals surface area contributed by atoms with Gasteiger partial charge in [-0.05, 0) is 47.7 Å². The maximum Gasteiger partial charge on any atom is 0.416 e. The fourth-order valence-corrected chi connectivity index (χ4v) is 2.88. The Kier molecular flexibility index (Phi) is 4.70. The number of alkyl halides is 3. The fraction of sp³-hybridized carbons (Fsp3) is 0.316. The molecular formula is C19H18F3NO2. The summed E-state index contributed by atoms with van der Waals surface area (Å²) in [7, 11) is 1.58. The molecule has 0 aliphatic heterocycles. The Bertz CT molecular complexity index is 756. The molecule has 2 atom stereocenters. The number of methoxy groups -OCH3 is 1. The Labute approximate surface area is 143 Å². The number of carbonyl (C=O) groups excluding carboxylic acids is 1. The highest BCUT2D eigenvalue weighted by Crippen LogP contribution is 2.48. The van der Waals surface area contributed by atoms with Gasteiger partial charge < -0.3 is 10.1 Å². The lowest BCUT2D eigenvalue weighted by atomic mass is 10.1. The number of hydrogen-bond donors (Lipinski definition) is 1. The summed E-state index contributed by atoms with van der Waals surface area (Å²) in [4.78, 5) is 12.2. The zero-order valence-electron chi connectivity index (χ0n) is 13.6. The van der Waals surface area contributed by atoms with Crippen LogP contribution in [0.5, 0.6) is 5.75 Å². The topological polar surface area (TPSA) is 38.3 Å². The van der Waals surface area contributed by atoms with Crippen LogP contribution in [0.4, 0.5) is 13.2 Å². The molecule has 1 N–H and O–H groups in total. The number of ether oxygens (including phenoxy) is 1. The maximum atomic E-state index is 12.6. The molecule has 0 bridgehead atoms. The van der Waals surface area contributed by atoms with E-state index in [9.17, 15) is 18.0 Å². The molecule has 132 valence electrons. The van der Waals surface area contributed by atoms with Crippen molar-refractivity contribution in [3.05, 3.63) is 65.2 Å². The second-order valence-electron chi connectivity index (χ2n) is 6.14. The monoisotopic (exact) mass is 349 g/mol. The lowest BCUT2D eigenvalue weighted by Crippen LogP contribution is -2.24. The molecule has 1 saturated carbocycles. The van der Waals surface area contributed by atoms with E-state index in [1.165, 1.54) is 12.1 Å². The highest BCUT2D eigenvalue weighted by atomic mass is 19.4. The predicted molar refractivity (Wildman–Crippen MR) is 87.1 cm³/mol. The van der Waals surface area contributed by atoms with Crippen LogP contribution >= 0.6 is 0 Å². The average molecular weight is 349 g/mol. The Morgan fingerprint density at radius 1 is 1.20 bits per heavy atom. The number of amides is 1. The van der Waals surface area contributed by atoms with Crippen molar-refractivity contribution in [2.75, 3.05) is 7.11 Å². The summed E-state index contributed by atoms with van der Waals surface area (Å²) < 4.78 is 42.9. The SMILES string of the molecule is COc1cccc(CNC(=O)C2CC2c2ccc(C(F)(F)F)cc2)c1. The molecule has 0 spiro atoms. The first-order chi connectivity index (χ1) is 11.9. The number of nitrogens with one attached hydrogen (secondary N) is 1. The van der Waals surface area contributed by atoms with Crippen molar-refractivity contribution in [2.24, 2.45) is 5.92 Å². The summed E-state index contributed by atoms with van der Waals surface area (Å²) in [5, 5.41) is 2.87. The fourth-order valence-electron chi connectivity index (χ4n) is 2.88. The van der Waals surface area contributed by atoms with Crippen LogP contribution in [0.1, 0.15) is 29.0 Å². The van der Waals surface area contributed by atoms with Gasteiger partial charge >= 0.3 is 6.18 Å². The van der Waals surface area contributed by atoms with E-state index in [4.69, 9.17) is 4.74 Å². The molecule has 1 aliphatic rings. The van der Waals surface area contributed by atoms with Crippen LogP contribution in [0, 0.1) is 5.92 Å². The van der Waals surface area contributed by atoms with E-state index >= 15 is 0 Å². The molecular weight excluding hydrogens is 331 g/mol. The van der Waals surface area contributed by atoms with Crippen molar-refractivity contribution >= 4 is 5.91 Å². The van der Waals surface area contributed by atoms with Gasteiger partial charge in [-0.1, -0.05) is 24.3 Å². The summed E-state index contributed by atoms with van der Waals surface area (Å²) in [6, 6.07) is 12.5. The van der Waals surface area contributed by atoms with E-state index < -0.39 is 11.7 Å². The summed E-state index contributed by atoms with van der Waals surface area (Å²) in [5.74, 6) is 0.462. The smallest absolute Gasteiger partial charge is 0.416 e. The maximum absolute atomic E-state index is 12.6. The molecule has 0 radical (unpaired) electrons. The molecule has 0 aromatic heterocycles. The highest BCUT2D eigenvalue weighted by Gasteiger charge is 2.44. The van der Waals surface area contributed by atoms with Crippen LogP contribution in [-0.4, -0.2) is 13.0 Å². The first-order valence-corrected chi connectivity index (χ1v) is 7.96. The molecule has 1 fully saturated rings. The van der Waals surface area contributed by atoms with E-state index in [-0.39, 0.29) is 17.7 Å². The van der Waals surface area contributed by atoms with E-state index in [1.54, 1.807) is 7.11 Å². The standard InChI is InChI=1S/C19H18F3NO2/c1-25-15-4-2-3-12(9-15)11-23-18(24)17-10-16(17)13-5-7-14(8-6-13)19(20,21)22/h2-9,16-17H,10-11H2,1H3,(H,23,24). The van der Waals surface area contributed by atoms with Crippen LogP contribution < -0.4 is 10.1 Å². The van der Waals surface area contributed by atoms with Crippen LogP contribution in [0.3, 0.4) is 0 Å². The van der Waals surface area contributed by atoms with Gasteiger partial charge in [0.15, 0.2) is 0 Å². The molecule has 1 aliphatic carbocycles. The summed E-state index contributed by atoms with van der Waals surface area (Å²) in [6.45, 7) is 0.395. The molecule has 6 heteroatoms. The predicted octanol–water partition coefficient (Wildman–Crippen LogP) is 4.13. The molecule has 25 heavy (non-hydrogen) atoms. The second-order valence-corrected chi connectivity index (χ2v) is 6.14. The largest absolute Gasteiger partial charge is 0.497 e. The Morgan fingerprint density at radius 3 is 2.56 bits per heavy atom. The van der Waals surface area contributed by atoms with Crippen LogP contribution in [0.2, 0.25) is 0 Å². The van der Waals surface area contributed by atoms with Crippen molar-refractivity contribution in [1.29, 1.82) is 0 Å². The number of carbonyl (C=O) groups is 1. The van der Waals surface area contributed by atoms with Crippen LogP contribution in [-0.2, 0) is 17.5 Å². The van der Waals surface area contributed by atoms with Crippen molar-refractivity contribution in [1.82, 2.24) is 5.32 Å². The molecule has 1 amide bonds.